The van der Waals surface area contributed by atoms with E-state index in [1.54, 1.807) is 0 Å². The van der Waals surface area contributed by atoms with Gasteiger partial charge in [-0.05, 0) is 6.07 Å². The Morgan fingerprint density at radius 3 is 2.90 bits per heavy atom. The van der Waals surface area contributed by atoms with Crippen molar-refractivity contribution in [3.63, 3.8) is 0 Å². The molecular formula is C14H13NO5. The second-order valence-corrected chi connectivity index (χ2v) is 4.98. The fourth-order valence-electron chi connectivity index (χ4n) is 2.76. The fourth-order valence-corrected chi connectivity index (χ4v) is 2.76. The lowest BCUT2D eigenvalue weighted by Gasteiger charge is -2.31. The maximum Gasteiger partial charge on any atom is 0.343 e. The topological polar surface area (TPSA) is 85.6 Å². The minimum absolute atomic E-state index is 0.0735. The molecule has 1 N–H and O–H groups in total. The molecule has 1 atom stereocenters. The summed E-state index contributed by atoms with van der Waals surface area (Å²) in [4.78, 5) is 36.0. The van der Waals surface area contributed by atoms with E-state index >= 15 is 0 Å². The molecule has 0 fully saturated rings. The average Bonchev–Trinajstić information content (AvgIpc) is 2.78. The molecule has 0 saturated heterocycles. The molecule has 2 aliphatic rings. The first-order valence-corrected chi connectivity index (χ1v) is 6.30. The van der Waals surface area contributed by atoms with Gasteiger partial charge in [0.15, 0.2) is 11.4 Å². The lowest BCUT2D eigenvalue weighted by molar-refractivity contribution is -0.171. The summed E-state index contributed by atoms with van der Waals surface area (Å²) in [6.07, 6.45) is 1.56. The number of aromatic nitrogens is 1. The molecule has 0 unspecified atom stereocenters. The Hall–Kier alpha value is -2.21. The highest BCUT2D eigenvalue weighted by Crippen LogP contribution is 2.34. The van der Waals surface area contributed by atoms with Crippen LogP contribution in [0.2, 0.25) is 0 Å². The third-order valence-corrected chi connectivity index (χ3v) is 3.82. The second kappa shape index (κ2) is 4.14. The zero-order valence-electron chi connectivity index (χ0n) is 10.7. The molecule has 0 aliphatic carbocycles. The Kier molecular flexibility index (Phi) is 2.65. The van der Waals surface area contributed by atoms with Gasteiger partial charge in [-0.3, -0.25) is 9.59 Å². The largest absolute Gasteiger partial charge is 0.458 e. The van der Waals surface area contributed by atoms with Crippen molar-refractivity contribution in [2.45, 2.75) is 31.6 Å². The van der Waals surface area contributed by atoms with Crippen LogP contribution < -0.4 is 5.56 Å². The Morgan fingerprint density at radius 1 is 1.45 bits per heavy atom. The van der Waals surface area contributed by atoms with Gasteiger partial charge in [0.25, 0.3) is 5.56 Å². The number of fused-ring (bicyclic) bond motifs is 2. The highest BCUT2D eigenvalue weighted by molar-refractivity contribution is 5.97. The summed E-state index contributed by atoms with van der Waals surface area (Å²) in [6.45, 7) is 3.65. The smallest absolute Gasteiger partial charge is 0.343 e. The van der Waals surface area contributed by atoms with Crippen LogP contribution in [0, 0.1) is 0 Å². The minimum Gasteiger partial charge on any atom is -0.458 e. The van der Waals surface area contributed by atoms with E-state index in [-0.39, 0.29) is 47.6 Å². The van der Waals surface area contributed by atoms with Gasteiger partial charge in [-0.2, -0.15) is 0 Å². The van der Waals surface area contributed by atoms with E-state index in [0.717, 1.165) is 0 Å². The Balaban J connectivity index is 2.31. The number of ether oxygens (including phenoxy) is 1. The van der Waals surface area contributed by atoms with Gasteiger partial charge in [0.05, 0.1) is 11.3 Å². The van der Waals surface area contributed by atoms with Crippen LogP contribution in [0.5, 0.6) is 0 Å². The molecule has 0 spiro atoms. The first kappa shape index (κ1) is 12.8. The van der Waals surface area contributed by atoms with Crippen LogP contribution in [-0.2, 0) is 28.3 Å². The van der Waals surface area contributed by atoms with E-state index < -0.39 is 11.6 Å². The Morgan fingerprint density at radius 2 is 2.20 bits per heavy atom. The number of Topliss-reactive ketones (excluding diaryl/α,β-unsaturated/α-hetero) is 1. The molecule has 104 valence electrons. The molecule has 0 radical (unpaired) electrons. The molecule has 0 bridgehead atoms. The normalized spacial score (nSPS) is 24.1. The SMILES string of the molecule is C=CC[C@@]1(O)C(=O)OCc2c1cc1n(c2=O)CCC1=O. The molecule has 0 aromatic carbocycles. The zero-order valence-corrected chi connectivity index (χ0v) is 10.7. The zero-order chi connectivity index (χ0) is 14.5. The number of hydrogen-bond acceptors (Lipinski definition) is 5. The van der Waals surface area contributed by atoms with E-state index in [0.29, 0.717) is 6.54 Å². The Bertz CT molecular complexity index is 702. The van der Waals surface area contributed by atoms with Crippen molar-refractivity contribution in [2.75, 3.05) is 0 Å². The molecule has 6 heteroatoms. The molecule has 0 amide bonds. The lowest BCUT2D eigenvalue weighted by atomic mass is 9.85. The summed E-state index contributed by atoms with van der Waals surface area (Å²) < 4.78 is 6.27. The number of carbonyl (C=O) groups excluding carboxylic acids is 2. The van der Waals surface area contributed by atoms with Gasteiger partial charge >= 0.3 is 5.97 Å². The van der Waals surface area contributed by atoms with Crippen LogP contribution >= 0.6 is 0 Å². The van der Waals surface area contributed by atoms with Crippen molar-refractivity contribution in [1.82, 2.24) is 4.57 Å². The van der Waals surface area contributed by atoms with E-state index in [1.807, 2.05) is 0 Å². The van der Waals surface area contributed by atoms with Crippen LogP contribution in [-0.4, -0.2) is 21.4 Å². The minimum atomic E-state index is -1.94. The molecule has 20 heavy (non-hydrogen) atoms. The van der Waals surface area contributed by atoms with E-state index in [2.05, 4.69) is 6.58 Å². The summed E-state index contributed by atoms with van der Waals surface area (Å²) in [7, 11) is 0. The van der Waals surface area contributed by atoms with Crippen molar-refractivity contribution < 1.29 is 19.4 Å². The number of carbonyl (C=O) groups is 2. The molecule has 0 saturated carbocycles. The molecular weight excluding hydrogens is 262 g/mol. The number of ketones is 1. The summed E-state index contributed by atoms with van der Waals surface area (Å²) in [5, 5.41) is 10.5. The van der Waals surface area contributed by atoms with Crippen molar-refractivity contribution in [1.29, 1.82) is 0 Å². The number of hydrogen-bond donors (Lipinski definition) is 1. The summed E-state index contributed by atoms with van der Waals surface area (Å²) in [5.41, 5.74) is -1.68. The number of pyridine rings is 1. The molecule has 3 heterocycles. The quantitative estimate of drug-likeness (QED) is 0.618. The summed E-state index contributed by atoms with van der Waals surface area (Å²) in [5.74, 6) is -0.982. The predicted octanol–water partition coefficient (Wildman–Crippen LogP) is 0.255. The molecule has 2 aliphatic heterocycles. The van der Waals surface area contributed by atoms with Crippen LogP contribution in [0.1, 0.15) is 34.5 Å². The van der Waals surface area contributed by atoms with Gasteiger partial charge in [-0.15, -0.1) is 6.58 Å². The maximum atomic E-state index is 12.3. The number of nitrogens with zero attached hydrogens (tertiary/aromatic N) is 1. The third-order valence-electron chi connectivity index (χ3n) is 3.82. The van der Waals surface area contributed by atoms with Crippen molar-refractivity contribution in [3.8, 4) is 0 Å². The number of rotatable bonds is 2. The van der Waals surface area contributed by atoms with Crippen LogP contribution in [0.15, 0.2) is 23.5 Å². The highest BCUT2D eigenvalue weighted by atomic mass is 16.6. The van der Waals surface area contributed by atoms with Gasteiger partial charge in [0.2, 0.25) is 0 Å². The first-order valence-electron chi connectivity index (χ1n) is 6.30. The van der Waals surface area contributed by atoms with Gasteiger partial charge in [-0.1, -0.05) is 6.08 Å². The molecule has 3 rings (SSSR count). The standard InChI is InChI=1S/C14H13NO5/c1-2-4-14(19)9-6-10-11(16)3-5-15(10)12(17)8(9)7-20-13(14)18/h2,6,19H,1,3-5,7H2/t14-/m0/s1. The van der Waals surface area contributed by atoms with E-state index in [1.165, 1.54) is 16.7 Å². The monoisotopic (exact) mass is 275 g/mol. The fraction of sp³-hybridized carbons (Fsp3) is 0.357. The van der Waals surface area contributed by atoms with Gasteiger partial charge in [0.1, 0.15) is 6.61 Å². The van der Waals surface area contributed by atoms with Crippen molar-refractivity contribution in [2.24, 2.45) is 0 Å². The summed E-state index contributed by atoms with van der Waals surface area (Å²) >= 11 is 0. The van der Waals surface area contributed by atoms with Gasteiger partial charge < -0.3 is 14.4 Å². The predicted molar refractivity (Wildman–Crippen MR) is 68.2 cm³/mol. The van der Waals surface area contributed by atoms with E-state index in [4.69, 9.17) is 4.74 Å². The highest BCUT2D eigenvalue weighted by Gasteiger charge is 2.45. The molecule has 6 nitrogen and oxygen atoms in total. The first-order chi connectivity index (χ1) is 9.49. The second-order valence-electron chi connectivity index (χ2n) is 4.98. The molecule has 1 aromatic rings. The third kappa shape index (κ3) is 1.51. The average molecular weight is 275 g/mol. The van der Waals surface area contributed by atoms with Crippen LogP contribution in [0.3, 0.4) is 0 Å². The van der Waals surface area contributed by atoms with Crippen molar-refractivity contribution in [3.05, 3.63) is 45.9 Å². The van der Waals surface area contributed by atoms with Crippen LogP contribution in [0.4, 0.5) is 0 Å². The molecule has 1 aromatic heterocycles. The van der Waals surface area contributed by atoms with Gasteiger partial charge in [0, 0.05) is 24.9 Å². The van der Waals surface area contributed by atoms with E-state index in [9.17, 15) is 19.5 Å². The lowest BCUT2D eigenvalue weighted by Crippen LogP contribution is -2.44. The Labute approximate surface area is 114 Å². The number of cyclic esters (lactones) is 1. The number of aliphatic hydroxyl groups is 1. The number of esters is 1. The summed E-state index contributed by atoms with van der Waals surface area (Å²) in [6, 6.07) is 1.44. The van der Waals surface area contributed by atoms with Gasteiger partial charge in [-0.25, -0.2) is 4.79 Å². The van der Waals surface area contributed by atoms with Crippen LogP contribution in [0.25, 0.3) is 0 Å². The maximum absolute atomic E-state index is 12.3. The van der Waals surface area contributed by atoms with Crippen molar-refractivity contribution >= 4 is 11.8 Å².